The van der Waals surface area contributed by atoms with E-state index in [4.69, 9.17) is 18.7 Å². The van der Waals surface area contributed by atoms with Gasteiger partial charge in [-0.2, -0.15) is 0 Å². The monoisotopic (exact) mass is 487 g/mol. The second-order valence-corrected chi connectivity index (χ2v) is 10.1. The summed E-state index contributed by atoms with van der Waals surface area (Å²) in [5, 5.41) is 7.97. The number of rotatable bonds is 3. The SMILES string of the molecule is CO[C@H](C)[C@H]1COC(=O)N1c1noc2c(F)c3c(cc12)CC1(C=NCNC1)[C@H]1[C@H](C)O[C@H](C)CN31. The van der Waals surface area contributed by atoms with Crippen LogP contribution in [0.3, 0.4) is 0 Å². The van der Waals surface area contributed by atoms with Crippen LogP contribution in [-0.4, -0.2) is 81.3 Å². The largest absolute Gasteiger partial charge is 0.447 e. The average Bonchev–Trinajstić information content (AvgIpc) is 3.41. The number of carbonyl (C=O) groups excluding carboxylic acids is 1. The van der Waals surface area contributed by atoms with Crippen LogP contribution in [0.5, 0.6) is 0 Å². The Kier molecular flexibility index (Phi) is 5.28. The topological polar surface area (TPSA) is 102 Å². The van der Waals surface area contributed by atoms with E-state index < -0.39 is 18.0 Å². The summed E-state index contributed by atoms with van der Waals surface area (Å²) in [6.45, 7) is 7.87. The Morgan fingerprint density at radius 3 is 2.94 bits per heavy atom. The zero-order chi connectivity index (χ0) is 24.5. The van der Waals surface area contributed by atoms with Gasteiger partial charge in [-0.3, -0.25) is 10.3 Å². The Hall–Kier alpha value is -2.76. The lowest BCUT2D eigenvalue weighted by atomic mass is 9.68. The summed E-state index contributed by atoms with van der Waals surface area (Å²) in [6.07, 6.45) is 1.55. The number of hydrogen-bond donors (Lipinski definition) is 1. The van der Waals surface area contributed by atoms with Gasteiger partial charge in [0.2, 0.25) is 5.58 Å². The fourth-order valence-electron chi connectivity index (χ4n) is 6.38. The van der Waals surface area contributed by atoms with Crippen molar-refractivity contribution in [2.45, 2.75) is 57.6 Å². The van der Waals surface area contributed by atoms with Crippen LogP contribution >= 0.6 is 0 Å². The van der Waals surface area contributed by atoms with Crippen LogP contribution in [0.25, 0.3) is 11.0 Å². The van der Waals surface area contributed by atoms with E-state index in [1.807, 2.05) is 33.1 Å². The van der Waals surface area contributed by atoms with Crippen LogP contribution in [0.4, 0.5) is 20.7 Å². The number of aromatic nitrogens is 1. The summed E-state index contributed by atoms with van der Waals surface area (Å²) in [4.78, 5) is 20.7. The number of ether oxygens (including phenoxy) is 3. The third-order valence-electron chi connectivity index (χ3n) is 7.87. The minimum atomic E-state index is -0.553. The maximum Gasteiger partial charge on any atom is 0.416 e. The summed E-state index contributed by atoms with van der Waals surface area (Å²) < 4.78 is 38.7. The summed E-state index contributed by atoms with van der Waals surface area (Å²) >= 11 is 0. The highest BCUT2D eigenvalue weighted by Crippen LogP contribution is 2.48. The third-order valence-corrected chi connectivity index (χ3v) is 7.87. The molecule has 1 N–H and O–H groups in total. The third kappa shape index (κ3) is 3.28. The first-order valence-electron chi connectivity index (χ1n) is 12.1. The molecule has 1 unspecified atom stereocenters. The number of carbonyl (C=O) groups is 1. The van der Waals surface area contributed by atoms with Gasteiger partial charge in [0.1, 0.15) is 12.6 Å². The highest BCUT2D eigenvalue weighted by atomic mass is 19.1. The van der Waals surface area contributed by atoms with Crippen molar-refractivity contribution in [1.29, 1.82) is 0 Å². The number of benzene rings is 1. The number of fused-ring (bicyclic) bond motifs is 5. The zero-order valence-corrected chi connectivity index (χ0v) is 20.3. The molecule has 5 heterocycles. The van der Waals surface area contributed by atoms with Crippen molar-refractivity contribution in [1.82, 2.24) is 10.5 Å². The maximum atomic E-state index is 16.2. The molecule has 35 heavy (non-hydrogen) atoms. The van der Waals surface area contributed by atoms with Gasteiger partial charge in [0.15, 0.2) is 11.6 Å². The van der Waals surface area contributed by atoms with Crippen LogP contribution in [0.1, 0.15) is 26.3 Å². The first kappa shape index (κ1) is 22.7. The second kappa shape index (κ2) is 8.14. The lowest BCUT2D eigenvalue weighted by Gasteiger charge is -2.56. The van der Waals surface area contributed by atoms with Crippen LogP contribution in [-0.2, 0) is 20.6 Å². The molecule has 0 radical (unpaired) electrons. The molecule has 1 aromatic heterocycles. The van der Waals surface area contributed by atoms with Crippen molar-refractivity contribution in [3.8, 4) is 0 Å². The highest BCUT2D eigenvalue weighted by molar-refractivity contribution is 6.01. The number of morpholine rings is 1. The zero-order valence-electron chi connectivity index (χ0n) is 20.3. The van der Waals surface area contributed by atoms with E-state index in [1.165, 1.54) is 4.90 Å². The highest BCUT2D eigenvalue weighted by Gasteiger charge is 2.53. The first-order valence-corrected chi connectivity index (χ1v) is 12.1. The first-order chi connectivity index (χ1) is 16.8. The second-order valence-electron chi connectivity index (χ2n) is 10.1. The number of anilines is 2. The number of cyclic esters (lactones) is 1. The van der Waals surface area contributed by atoms with Crippen LogP contribution in [0.2, 0.25) is 0 Å². The van der Waals surface area contributed by atoms with Crippen molar-refractivity contribution >= 4 is 34.8 Å². The number of halogens is 1. The van der Waals surface area contributed by atoms with Crippen LogP contribution in [0, 0.1) is 11.2 Å². The van der Waals surface area contributed by atoms with E-state index in [-0.39, 0.29) is 47.8 Å². The van der Waals surface area contributed by atoms with Crippen molar-refractivity contribution < 1.29 is 27.9 Å². The van der Waals surface area contributed by atoms with E-state index in [9.17, 15) is 4.79 Å². The molecule has 1 aromatic carbocycles. The van der Waals surface area contributed by atoms with E-state index in [0.717, 1.165) is 5.56 Å². The summed E-state index contributed by atoms with van der Waals surface area (Å²) in [5.74, 6) is -0.226. The quantitative estimate of drug-likeness (QED) is 0.705. The number of nitrogens with one attached hydrogen (secondary N) is 1. The number of hydrogen-bond acceptors (Lipinski definition) is 9. The molecule has 6 atom stereocenters. The molecule has 2 fully saturated rings. The molecule has 2 saturated heterocycles. The molecule has 0 aliphatic carbocycles. The van der Waals surface area contributed by atoms with Gasteiger partial charge >= 0.3 is 6.09 Å². The predicted octanol–water partition coefficient (Wildman–Crippen LogP) is 2.48. The van der Waals surface area contributed by atoms with Gasteiger partial charge in [0.25, 0.3) is 0 Å². The van der Waals surface area contributed by atoms with Gasteiger partial charge < -0.3 is 23.6 Å². The smallest absolute Gasteiger partial charge is 0.416 e. The van der Waals surface area contributed by atoms with E-state index >= 15 is 4.39 Å². The average molecular weight is 488 g/mol. The Balaban J connectivity index is 1.52. The van der Waals surface area contributed by atoms with Crippen molar-refractivity contribution in [2.24, 2.45) is 10.4 Å². The molecular weight excluding hydrogens is 457 g/mol. The number of methoxy groups -OCH3 is 1. The molecular formula is C24H30FN5O5. The Bertz CT molecular complexity index is 1200. The van der Waals surface area contributed by atoms with E-state index in [2.05, 4.69) is 20.4 Å². The molecule has 1 spiro atoms. The molecule has 4 aliphatic rings. The fourth-order valence-corrected chi connectivity index (χ4v) is 6.38. The molecule has 11 heteroatoms. The van der Waals surface area contributed by atoms with Crippen molar-refractivity contribution in [3.05, 3.63) is 17.4 Å². The minimum absolute atomic E-state index is 0.0270. The molecule has 188 valence electrons. The molecule has 2 aromatic rings. The van der Waals surface area contributed by atoms with Gasteiger partial charge in [-0.15, -0.1) is 0 Å². The van der Waals surface area contributed by atoms with Crippen molar-refractivity contribution in [2.75, 3.05) is 43.3 Å². The summed E-state index contributed by atoms with van der Waals surface area (Å²) in [7, 11) is 1.57. The Labute approximate surface area is 202 Å². The predicted molar refractivity (Wildman–Crippen MR) is 127 cm³/mol. The molecule has 0 saturated carbocycles. The number of amides is 1. The molecule has 10 nitrogen and oxygen atoms in total. The number of aliphatic imine (C=N–C) groups is 1. The van der Waals surface area contributed by atoms with Gasteiger partial charge in [0, 0.05) is 31.8 Å². The van der Waals surface area contributed by atoms with Gasteiger partial charge in [0.05, 0.1) is 42.1 Å². The summed E-state index contributed by atoms with van der Waals surface area (Å²) in [6, 6.07) is 1.43. The van der Waals surface area contributed by atoms with Gasteiger partial charge in [-0.1, -0.05) is 5.16 Å². The molecule has 0 bridgehead atoms. The summed E-state index contributed by atoms with van der Waals surface area (Å²) in [5.41, 5.74) is 1.01. The van der Waals surface area contributed by atoms with Gasteiger partial charge in [-0.05, 0) is 38.8 Å². The van der Waals surface area contributed by atoms with E-state index in [0.29, 0.717) is 37.3 Å². The van der Waals surface area contributed by atoms with Crippen LogP contribution in [0.15, 0.2) is 15.6 Å². The van der Waals surface area contributed by atoms with Crippen molar-refractivity contribution in [3.63, 3.8) is 0 Å². The molecule has 6 rings (SSSR count). The normalized spacial score (nSPS) is 33.2. The lowest BCUT2D eigenvalue weighted by molar-refractivity contribution is -0.0522. The fraction of sp³-hybridized carbons (Fsp3) is 0.625. The van der Waals surface area contributed by atoms with Crippen LogP contribution < -0.4 is 15.1 Å². The van der Waals surface area contributed by atoms with E-state index in [1.54, 1.807) is 7.11 Å². The molecule has 1 amide bonds. The molecule has 4 aliphatic heterocycles. The lowest BCUT2D eigenvalue weighted by Crippen LogP contribution is -2.67. The van der Waals surface area contributed by atoms with Gasteiger partial charge in [-0.25, -0.2) is 14.1 Å². The number of nitrogens with zero attached hydrogens (tertiary/aromatic N) is 4. The Morgan fingerprint density at radius 2 is 2.20 bits per heavy atom. The maximum absolute atomic E-state index is 16.2. The standard InChI is InChI=1S/C24H30FN5O5/c1-12-7-29-19-15(6-24(9-26-11-27-10-24)21(29)14(3)34-12)5-16-20(18(19)25)35-28-22(16)30-17(13(2)32-4)8-33-23(30)31/h5,9,12-14,17,21,27H,6-8,10-11H2,1-4H3/t12-,13-,14+,17-,21-,24?/m1/s1. The minimum Gasteiger partial charge on any atom is -0.447 e. The Morgan fingerprint density at radius 1 is 1.37 bits per heavy atom.